The molecule has 0 saturated carbocycles. The first kappa shape index (κ1) is 20.1. The Labute approximate surface area is 172 Å². The lowest BCUT2D eigenvalue weighted by atomic mass is 9.99. The highest BCUT2D eigenvalue weighted by Gasteiger charge is 2.29. The van der Waals surface area contributed by atoms with Crippen molar-refractivity contribution in [2.45, 2.75) is 38.3 Å². The minimum absolute atomic E-state index is 0.0356. The number of amides is 1. The monoisotopic (exact) mass is 412 g/mol. The lowest BCUT2D eigenvalue weighted by Gasteiger charge is -2.33. The Morgan fingerprint density at radius 3 is 2.67 bits per heavy atom. The molecule has 30 heavy (non-hydrogen) atoms. The van der Waals surface area contributed by atoms with Crippen molar-refractivity contribution in [2.24, 2.45) is 0 Å². The van der Waals surface area contributed by atoms with E-state index in [1.165, 1.54) is 6.07 Å². The van der Waals surface area contributed by atoms with Crippen molar-refractivity contribution in [1.82, 2.24) is 9.47 Å². The number of carboxylic acids is 1. The van der Waals surface area contributed by atoms with Gasteiger partial charge in [-0.2, -0.15) is 0 Å². The second kappa shape index (κ2) is 7.89. The van der Waals surface area contributed by atoms with E-state index in [0.29, 0.717) is 19.4 Å². The summed E-state index contributed by atoms with van der Waals surface area (Å²) < 4.78 is 29.1. The summed E-state index contributed by atoms with van der Waals surface area (Å²) in [6.45, 7) is 0.545. The van der Waals surface area contributed by atoms with E-state index in [1.807, 2.05) is 24.3 Å². The number of halogens is 2. The van der Waals surface area contributed by atoms with Crippen molar-refractivity contribution < 1.29 is 23.5 Å². The van der Waals surface area contributed by atoms with E-state index in [4.69, 9.17) is 0 Å². The summed E-state index contributed by atoms with van der Waals surface area (Å²) in [5, 5.41) is 10.3. The van der Waals surface area contributed by atoms with Gasteiger partial charge in [0.05, 0.1) is 12.8 Å². The van der Waals surface area contributed by atoms with Crippen LogP contribution in [0.2, 0.25) is 0 Å². The summed E-state index contributed by atoms with van der Waals surface area (Å²) in [5.74, 6) is -2.51. The van der Waals surface area contributed by atoms with Crippen molar-refractivity contribution in [3.8, 4) is 0 Å². The third-order valence-corrected chi connectivity index (χ3v) is 5.93. The maximum atomic E-state index is 13.9. The second-order valence-corrected chi connectivity index (χ2v) is 7.73. The van der Waals surface area contributed by atoms with Crippen LogP contribution in [0.25, 0.3) is 10.9 Å². The molecule has 2 aromatic carbocycles. The molecule has 4 rings (SSSR count). The van der Waals surface area contributed by atoms with Crippen molar-refractivity contribution in [2.75, 3.05) is 7.05 Å². The summed E-state index contributed by atoms with van der Waals surface area (Å²) in [6, 6.07) is 10.8. The Kier molecular flexibility index (Phi) is 5.28. The summed E-state index contributed by atoms with van der Waals surface area (Å²) in [6.07, 6.45) is 1.18. The average Bonchev–Trinajstić information content (AvgIpc) is 3.02. The molecule has 0 saturated heterocycles. The molecule has 0 aliphatic carbocycles. The largest absolute Gasteiger partial charge is 0.481 e. The molecule has 1 atom stereocenters. The van der Waals surface area contributed by atoms with Crippen molar-refractivity contribution in [3.05, 3.63) is 70.9 Å². The summed E-state index contributed by atoms with van der Waals surface area (Å²) >= 11 is 0. The third-order valence-electron chi connectivity index (χ3n) is 5.93. The van der Waals surface area contributed by atoms with E-state index in [1.54, 1.807) is 11.9 Å². The number of para-hydroxylation sites is 1. The van der Waals surface area contributed by atoms with Gasteiger partial charge in [-0.3, -0.25) is 9.59 Å². The topological polar surface area (TPSA) is 62.5 Å². The summed E-state index contributed by atoms with van der Waals surface area (Å²) in [4.78, 5) is 25.7. The SMILES string of the molecule is CN(C(=O)Cc1ccc(F)cc1F)[C@@H]1CCc2c(CC(=O)O)c3ccccc3n2C1. The normalized spacial score (nSPS) is 15.8. The molecule has 1 aliphatic heterocycles. The zero-order valence-corrected chi connectivity index (χ0v) is 16.6. The number of nitrogens with zero attached hydrogens (tertiary/aromatic N) is 2. The molecule has 3 aromatic rings. The molecule has 0 fully saturated rings. The molecule has 7 heteroatoms. The van der Waals surface area contributed by atoms with Crippen molar-refractivity contribution >= 4 is 22.8 Å². The van der Waals surface area contributed by atoms with Crippen LogP contribution in [0.5, 0.6) is 0 Å². The van der Waals surface area contributed by atoms with E-state index in [2.05, 4.69) is 4.57 Å². The predicted molar refractivity (Wildman–Crippen MR) is 108 cm³/mol. The molecule has 0 unspecified atom stereocenters. The quantitative estimate of drug-likeness (QED) is 0.697. The highest BCUT2D eigenvalue weighted by Crippen LogP contribution is 2.32. The number of aliphatic carboxylic acids is 1. The van der Waals surface area contributed by atoms with Gasteiger partial charge in [-0.1, -0.05) is 24.3 Å². The van der Waals surface area contributed by atoms with Gasteiger partial charge in [-0.25, -0.2) is 8.78 Å². The minimum atomic E-state index is -0.870. The molecule has 156 valence electrons. The Morgan fingerprint density at radius 1 is 1.17 bits per heavy atom. The maximum Gasteiger partial charge on any atom is 0.307 e. The predicted octanol–water partition coefficient (Wildman–Crippen LogP) is 3.56. The van der Waals surface area contributed by atoms with E-state index >= 15 is 0 Å². The number of likely N-dealkylation sites (N-methyl/N-ethyl adjacent to an activating group) is 1. The van der Waals surface area contributed by atoms with Crippen LogP contribution < -0.4 is 0 Å². The number of hydrogen-bond acceptors (Lipinski definition) is 2. The highest BCUT2D eigenvalue weighted by atomic mass is 19.1. The zero-order valence-electron chi connectivity index (χ0n) is 16.6. The fraction of sp³-hybridized carbons (Fsp3) is 0.304. The molecule has 1 aromatic heterocycles. The van der Waals surface area contributed by atoms with Crippen LogP contribution in [0.1, 0.15) is 23.2 Å². The second-order valence-electron chi connectivity index (χ2n) is 7.73. The van der Waals surface area contributed by atoms with E-state index in [0.717, 1.165) is 34.3 Å². The first-order chi connectivity index (χ1) is 14.3. The lowest BCUT2D eigenvalue weighted by molar-refractivity contribution is -0.136. The lowest BCUT2D eigenvalue weighted by Crippen LogP contribution is -2.43. The van der Waals surface area contributed by atoms with Crippen LogP contribution in [0.3, 0.4) is 0 Å². The summed E-state index contributed by atoms with van der Waals surface area (Å²) in [5.41, 5.74) is 2.96. The van der Waals surface area contributed by atoms with Crippen LogP contribution in [-0.2, 0) is 35.4 Å². The number of carbonyl (C=O) groups excluding carboxylic acids is 1. The first-order valence-electron chi connectivity index (χ1n) is 9.85. The number of hydrogen-bond donors (Lipinski definition) is 1. The molecule has 5 nitrogen and oxygen atoms in total. The number of carbonyl (C=O) groups is 2. The fourth-order valence-corrected chi connectivity index (χ4v) is 4.35. The smallest absolute Gasteiger partial charge is 0.307 e. The zero-order chi connectivity index (χ0) is 21.4. The van der Waals surface area contributed by atoms with E-state index in [-0.39, 0.29) is 30.4 Å². The van der Waals surface area contributed by atoms with Gasteiger partial charge in [0.1, 0.15) is 11.6 Å². The Bertz CT molecular complexity index is 1140. The van der Waals surface area contributed by atoms with Gasteiger partial charge >= 0.3 is 5.97 Å². The molecule has 0 radical (unpaired) electrons. The van der Waals surface area contributed by atoms with Gasteiger partial charge in [0.2, 0.25) is 5.91 Å². The third kappa shape index (κ3) is 3.67. The molecular formula is C23H22F2N2O3. The van der Waals surface area contributed by atoms with Crippen LogP contribution in [0.4, 0.5) is 8.78 Å². The number of rotatable bonds is 5. The maximum absolute atomic E-state index is 13.9. The summed E-state index contributed by atoms with van der Waals surface area (Å²) in [7, 11) is 1.70. The molecule has 0 bridgehead atoms. The Morgan fingerprint density at radius 2 is 1.93 bits per heavy atom. The van der Waals surface area contributed by atoms with Crippen molar-refractivity contribution in [3.63, 3.8) is 0 Å². The van der Waals surface area contributed by atoms with Gasteiger partial charge in [-0.15, -0.1) is 0 Å². The van der Waals surface area contributed by atoms with Gasteiger partial charge < -0.3 is 14.6 Å². The van der Waals surface area contributed by atoms with Crippen LogP contribution in [0.15, 0.2) is 42.5 Å². The minimum Gasteiger partial charge on any atom is -0.481 e. The number of carboxylic acid groups (broad SMARTS) is 1. The van der Waals surface area contributed by atoms with E-state index < -0.39 is 17.6 Å². The van der Waals surface area contributed by atoms with Gasteiger partial charge in [0.25, 0.3) is 0 Å². The number of aromatic nitrogens is 1. The molecule has 2 heterocycles. The first-order valence-corrected chi connectivity index (χ1v) is 9.85. The van der Waals surface area contributed by atoms with Crippen LogP contribution in [0, 0.1) is 11.6 Å². The highest BCUT2D eigenvalue weighted by molar-refractivity contribution is 5.89. The molecular weight excluding hydrogens is 390 g/mol. The fourth-order valence-electron chi connectivity index (χ4n) is 4.35. The number of benzene rings is 2. The van der Waals surface area contributed by atoms with E-state index in [9.17, 15) is 23.5 Å². The molecule has 1 N–H and O–H groups in total. The molecule has 0 spiro atoms. The van der Waals surface area contributed by atoms with Gasteiger partial charge in [-0.05, 0) is 36.1 Å². The van der Waals surface area contributed by atoms with Crippen molar-refractivity contribution in [1.29, 1.82) is 0 Å². The van der Waals surface area contributed by atoms with Crippen LogP contribution >= 0.6 is 0 Å². The van der Waals surface area contributed by atoms with Gasteiger partial charge in [0.15, 0.2) is 0 Å². The number of fused-ring (bicyclic) bond motifs is 3. The Balaban J connectivity index is 1.58. The average molecular weight is 412 g/mol. The molecule has 1 aliphatic rings. The molecule has 1 amide bonds. The van der Waals surface area contributed by atoms with Crippen LogP contribution in [-0.4, -0.2) is 39.5 Å². The van der Waals surface area contributed by atoms with Gasteiger partial charge in [0, 0.05) is 42.3 Å². The Hall–Kier alpha value is -3.22. The standard InChI is InChI=1S/C23H22F2N2O3/c1-26(22(28)10-14-6-7-15(24)11-19(14)25)16-8-9-21-18(12-23(29)30)17-4-2-3-5-20(17)27(21)13-16/h2-7,11,16H,8-10,12-13H2,1H3,(H,29,30)/t16-/m1/s1.